The molecule has 228 valence electrons. The number of thioether (sulfide) groups is 2. The Hall–Kier alpha value is -3.06. The van der Waals surface area contributed by atoms with Crippen molar-refractivity contribution in [2.75, 3.05) is 36.0 Å². The van der Waals surface area contributed by atoms with Crippen molar-refractivity contribution in [1.82, 2.24) is 9.80 Å². The molecule has 2 fully saturated rings. The lowest BCUT2D eigenvalue weighted by atomic mass is 10.0. The predicted octanol–water partition coefficient (Wildman–Crippen LogP) is 5.44. The van der Waals surface area contributed by atoms with E-state index in [2.05, 4.69) is 12.1 Å². The standard InChI is InChI=1S/C32H32N4O4S4/c37-25(33-17-5-11-21-9-1-3-13-23(21)33)15-7-19-35-29(39)27(43-31(35)41)28-30(40)36(32(42)44-28)20-8-16-26(38)34-18-6-12-22-10-2-4-14-24(22)34/h1-4,9-10,13-14H,5-8,11-12,15-20H2. The van der Waals surface area contributed by atoms with Crippen LogP contribution in [0.15, 0.2) is 58.3 Å². The van der Waals surface area contributed by atoms with E-state index < -0.39 is 0 Å². The maximum atomic E-state index is 13.4. The number of para-hydroxylation sites is 2. The van der Waals surface area contributed by atoms with Crippen LogP contribution in [0.4, 0.5) is 11.4 Å². The normalized spacial score (nSPS) is 20.0. The van der Waals surface area contributed by atoms with Gasteiger partial charge in [0.05, 0.1) is 9.81 Å². The van der Waals surface area contributed by atoms with Crippen molar-refractivity contribution in [1.29, 1.82) is 0 Å². The quantitative estimate of drug-likeness (QED) is 0.273. The molecule has 0 aromatic heterocycles. The minimum atomic E-state index is -0.324. The Morgan fingerprint density at radius 1 is 0.659 bits per heavy atom. The van der Waals surface area contributed by atoms with Crippen LogP contribution in [0.25, 0.3) is 0 Å². The average molecular weight is 665 g/mol. The fourth-order valence-electron chi connectivity index (χ4n) is 6.09. The molecule has 4 aliphatic heterocycles. The molecule has 0 spiro atoms. The lowest BCUT2D eigenvalue weighted by molar-refractivity contribution is -0.125. The zero-order chi connectivity index (χ0) is 30.8. The summed E-state index contributed by atoms with van der Waals surface area (Å²) in [5.41, 5.74) is 4.30. The summed E-state index contributed by atoms with van der Waals surface area (Å²) in [6.07, 6.45) is 5.32. The molecule has 4 amide bonds. The van der Waals surface area contributed by atoms with Gasteiger partial charge in [0.1, 0.15) is 8.64 Å². The van der Waals surface area contributed by atoms with Gasteiger partial charge < -0.3 is 9.80 Å². The highest BCUT2D eigenvalue weighted by atomic mass is 32.2. The van der Waals surface area contributed by atoms with Crippen LogP contribution in [-0.4, -0.2) is 68.2 Å². The number of fused-ring (bicyclic) bond motifs is 2. The largest absolute Gasteiger partial charge is 0.312 e. The molecule has 12 heteroatoms. The molecule has 2 aromatic carbocycles. The third kappa shape index (κ3) is 6.22. The minimum absolute atomic E-state index is 0.0337. The maximum Gasteiger partial charge on any atom is 0.267 e. The minimum Gasteiger partial charge on any atom is -0.312 e. The number of thiocarbonyl (C=S) groups is 2. The molecule has 0 bridgehead atoms. The van der Waals surface area contributed by atoms with E-state index in [0.29, 0.717) is 60.5 Å². The van der Waals surface area contributed by atoms with Crippen LogP contribution in [0.1, 0.15) is 49.7 Å². The predicted molar refractivity (Wildman–Crippen MR) is 184 cm³/mol. The number of aryl methyl sites for hydroxylation is 2. The second-order valence-electron chi connectivity index (χ2n) is 11.1. The third-order valence-corrected chi connectivity index (χ3v) is 11.3. The van der Waals surface area contributed by atoms with E-state index in [0.717, 1.165) is 60.6 Å². The number of hydrogen-bond donors (Lipinski definition) is 0. The Morgan fingerprint density at radius 3 is 1.50 bits per heavy atom. The number of benzene rings is 2. The fraction of sp³-hybridized carbons (Fsp3) is 0.375. The first kappa shape index (κ1) is 30.9. The topological polar surface area (TPSA) is 81.2 Å². The molecule has 6 rings (SSSR count). The van der Waals surface area contributed by atoms with Crippen molar-refractivity contribution < 1.29 is 19.2 Å². The first-order chi connectivity index (χ1) is 21.3. The molecule has 44 heavy (non-hydrogen) atoms. The number of amides is 4. The molecule has 2 aromatic rings. The molecule has 4 aliphatic rings. The van der Waals surface area contributed by atoms with Gasteiger partial charge >= 0.3 is 0 Å². The van der Waals surface area contributed by atoms with Gasteiger partial charge in [-0.25, -0.2) is 0 Å². The number of anilines is 2. The molecule has 0 atom stereocenters. The Balaban J connectivity index is 1.02. The summed E-state index contributed by atoms with van der Waals surface area (Å²) >= 11 is 13.2. The van der Waals surface area contributed by atoms with Gasteiger partial charge in [0, 0.05) is 50.4 Å². The van der Waals surface area contributed by atoms with Crippen LogP contribution >= 0.6 is 48.0 Å². The van der Waals surface area contributed by atoms with Crippen molar-refractivity contribution >= 4 is 91.6 Å². The summed E-state index contributed by atoms with van der Waals surface area (Å²) in [4.78, 5) is 60.0. The number of hydrogen-bond acceptors (Lipinski definition) is 8. The van der Waals surface area contributed by atoms with Gasteiger partial charge in [-0.15, -0.1) is 0 Å². The van der Waals surface area contributed by atoms with E-state index in [1.165, 1.54) is 20.9 Å². The van der Waals surface area contributed by atoms with E-state index in [1.807, 2.05) is 46.2 Å². The van der Waals surface area contributed by atoms with E-state index in [1.54, 1.807) is 0 Å². The molecular weight excluding hydrogens is 633 g/mol. The number of nitrogens with zero attached hydrogens (tertiary/aromatic N) is 4. The summed E-state index contributed by atoms with van der Waals surface area (Å²) in [6, 6.07) is 16.0. The second kappa shape index (κ2) is 13.5. The molecule has 0 radical (unpaired) electrons. The van der Waals surface area contributed by atoms with E-state index in [-0.39, 0.29) is 33.4 Å². The molecule has 0 aliphatic carbocycles. The molecule has 2 saturated heterocycles. The number of rotatable bonds is 8. The van der Waals surface area contributed by atoms with Crippen LogP contribution in [0.2, 0.25) is 0 Å². The zero-order valence-electron chi connectivity index (χ0n) is 24.2. The molecule has 4 heterocycles. The molecule has 8 nitrogen and oxygen atoms in total. The van der Waals surface area contributed by atoms with Crippen molar-refractivity contribution in [3.8, 4) is 0 Å². The first-order valence-corrected chi connectivity index (χ1v) is 17.4. The van der Waals surface area contributed by atoms with E-state index in [9.17, 15) is 19.2 Å². The Morgan fingerprint density at radius 2 is 1.07 bits per heavy atom. The summed E-state index contributed by atoms with van der Waals surface area (Å²) in [7, 11) is 0. The van der Waals surface area contributed by atoms with Crippen LogP contribution in [-0.2, 0) is 32.0 Å². The lowest BCUT2D eigenvalue weighted by Gasteiger charge is -2.29. The molecular formula is C32H32N4O4S4. The number of carbonyl (C=O) groups excluding carboxylic acids is 4. The third-order valence-electron chi connectivity index (χ3n) is 8.27. The fourth-order valence-corrected chi connectivity index (χ4v) is 8.86. The maximum absolute atomic E-state index is 13.4. The monoisotopic (exact) mass is 664 g/mol. The van der Waals surface area contributed by atoms with Crippen LogP contribution < -0.4 is 9.80 Å². The smallest absolute Gasteiger partial charge is 0.267 e. The van der Waals surface area contributed by atoms with E-state index in [4.69, 9.17) is 24.4 Å². The van der Waals surface area contributed by atoms with Gasteiger partial charge in [0.25, 0.3) is 11.8 Å². The van der Waals surface area contributed by atoms with Gasteiger partial charge in [-0.1, -0.05) is 84.4 Å². The van der Waals surface area contributed by atoms with Gasteiger partial charge in [-0.05, 0) is 61.8 Å². The van der Waals surface area contributed by atoms with Crippen molar-refractivity contribution in [3.05, 3.63) is 69.5 Å². The van der Waals surface area contributed by atoms with Gasteiger partial charge in [0.15, 0.2) is 0 Å². The van der Waals surface area contributed by atoms with Crippen molar-refractivity contribution in [2.45, 2.75) is 51.4 Å². The Labute approximate surface area is 276 Å². The summed E-state index contributed by atoms with van der Waals surface area (Å²) < 4.78 is 0.747. The van der Waals surface area contributed by atoms with Gasteiger partial charge in [0.2, 0.25) is 11.8 Å². The van der Waals surface area contributed by atoms with Crippen molar-refractivity contribution in [2.24, 2.45) is 0 Å². The summed E-state index contributed by atoms with van der Waals surface area (Å²) in [6.45, 7) is 1.99. The lowest BCUT2D eigenvalue weighted by Crippen LogP contribution is -2.36. The molecule has 0 N–H and O–H groups in total. The SMILES string of the molecule is O=C1C(=C2SC(=S)N(CCCC(=O)N3CCCc4ccccc43)C2=O)SC(=S)N1CCCC(=O)N1CCCc2ccccc21. The Bertz CT molecular complexity index is 1480. The highest BCUT2D eigenvalue weighted by Gasteiger charge is 2.42. The highest BCUT2D eigenvalue weighted by Crippen LogP contribution is 2.42. The zero-order valence-corrected chi connectivity index (χ0v) is 27.4. The van der Waals surface area contributed by atoms with Gasteiger partial charge in [-0.3, -0.25) is 29.0 Å². The van der Waals surface area contributed by atoms with Crippen molar-refractivity contribution in [3.63, 3.8) is 0 Å². The Kier molecular flexibility index (Phi) is 9.51. The number of carbonyl (C=O) groups is 4. The summed E-state index contributed by atoms with van der Waals surface area (Å²) in [5, 5.41) is 0. The highest BCUT2D eigenvalue weighted by molar-refractivity contribution is 8.29. The van der Waals surface area contributed by atoms with Crippen LogP contribution in [0.3, 0.4) is 0 Å². The summed E-state index contributed by atoms with van der Waals surface area (Å²) in [5.74, 6) is -0.580. The van der Waals surface area contributed by atoms with Crippen LogP contribution in [0.5, 0.6) is 0 Å². The molecule has 0 saturated carbocycles. The molecule has 0 unspecified atom stereocenters. The van der Waals surface area contributed by atoms with E-state index >= 15 is 0 Å². The average Bonchev–Trinajstić information content (AvgIpc) is 3.48. The first-order valence-electron chi connectivity index (χ1n) is 14.9. The second-order valence-corrected chi connectivity index (χ2v) is 14.4. The van der Waals surface area contributed by atoms with Crippen LogP contribution in [0, 0.1) is 0 Å². The van der Waals surface area contributed by atoms with Gasteiger partial charge in [-0.2, -0.15) is 0 Å².